The molecule has 0 saturated heterocycles. The molecule has 0 aliphatic rings. The van der Waals surface area contributed by atoms with E-state index in [1.165, 1.54) is 18.2 Å². The number of alkyl halides is 2. The number of ether oxygens (including phenoxy) is 1. The zero-order valence-corrected chi connectivity index (χ0v) is 12.1. The number of hydrogen-bond donors (Lipinski definition) is 0. The van der Waals surface area contributed by atoms with Crippen LogP contribution in [0, 0.1) is 5.82 Å². The molecule has 2 aromatic rings. The lowest BCUT2D eigenvalue weighted by atomic mass is 10.0. The molecule has 5 heteroatoms. The summed E-state index contributed by atoms with van der Waals surface area (Å²) in [5, 5.41) is 0.311. The molecule has 21 heavy (non-hydrogen) atoms. The fraction of sp³-hybridized carbons (Fsp3) is 0.250. The SMILES string of the molecule is CCc1ccc(Cc2c(F)cccc2Cl)cc1OC(F)F. The van der Waals surface area contributed by atoms with Crippen molar-refractivity contribution in [2.45, 2.75) is 26.4 Å². The van der Waals surface area contributed by atoms with Crippen LogP contribution in [0.2, 0.25) is 5.02 Å². The summed E-state index contributed by atoms with van der Waals surface area (Å²) >= 11 is 5.97. The zero-order chi connectivity index (χ0) is 15.4. The molecule has 0 aromatic heterocycles. The number of benzene rings is 2. The molecule has 0 saturated carbocycles. The Morgan fingerprint density at radius 2 is 1.95 bits per heavy atom. The molecule has 112 valence electrons. The quantitative estimate of drug-likeness (QED) is 0.734. The third kappa shape index (κ3) is 3.91. The maximum Gasteiger partial charge on any atom is 0.387 e. The van der Waals surface area contributed by atoms with Crippen molar-refractivity contribution in [1.29, 1.82) is 0 Å². The Kier molecular flexibility index (Phi) is 5.12. The molecule has 0 bridgehead atoms. The topological polar surface area (TPSA) is 9.23 Å². The number of halogens is 4. The number of hydrogen-bond acceptors (Lipinski definition) is 1. The minimum atomic E-state index is -2.89. The number of aryl methyl sites for hydroxylation is 1. The molecule has 0 N–H and O–H groups in total. The first-order valence-corrected chi connectivity index (χ1v) is 6.88. The van der Waals surface area contributed by atoms with E-state index < -0.39 is 12.4 Å². The van der Waals surface area contributed by atoms with Crippen LogP contribution in [0.15, 0.2) is 36.4 Å². The van der Waals surface area contributed by atoms with Gasteiger partial charge in [0.05, 0.1) is 0 Å². The van der Waals surface area contributed by atoms with Crippen LogP contribution in [0.5, 0.6) is 5.75 Å². The Balaban J connectivity index is 2.32. The second-order valence-electron chi connectivity index (χ2n) is 4.55. The van der Waals surface area contributed by atoms with E-state index in [-0.39, 0.29) is 12.2 Å². The van der Waals surface area contributed by atoms with Crippen LogP contribution in [-0.2, 0) is 12.8 Å². The molecule has 0 fully saturated rings. The van der Waals surface area contributed by atoms with Crippen LogP contribution < -0.4 is 4.74 Å². The molecule has 0 spiro atoms. The van der Waals surface area contributed by atoms with Crippen molar-refractivity contribution < 1.29 is 17.9 Å². The summed E-state index contributed by atoms with van der Waals surface area (Å²) in [5.41, 5.74) is 1.68. The minimum Gasteiger partial charge on any atom is -0.435 e. The van der Waals surface area contributed by atoms with E-state index in [2.05, 4.69) is 4.74 Å². The second-order valence-corrected chi connectivity index (χ2v) is 4.96. The molecule has 0 atom stereocenters. The predicted molar refractivity (Wildman–Crippen MR) is 76.7 cm³/mol. The first kappa shape index (κ1) is 15.7. The van der Waals surface area contributed by atoms with Crippen LogP contribution in [0.1, 0.15) is 23.6 Å². The van der Waals surface area contributed by atoms with E-state index in [0.717, 1.165) is 0 Å². The molecule has 0 heterocycles. The molecular formula is C16H14ClF3O. The normalized spacial score (nSPS) is 11.0. The average molecular weight is 315 g/mol. The Bertz CT molecular complexity index is 609. The van der Waals surface area contributed by atoms with Crippen molar-refractivity contribution in [3.05, 3.63) is 63.9 Å². The van der Waals surface area contributed by atoms with Crippen LogP contribution in [0.4, 0.5) is 13.2 Å². The van der Waals surface area contributed by atoms with E-state index in [0.29, 0.717) is 28.1 Å². The third-order valence-electron chi connectivity index (χ3n) is 3.17. The van der Waals surface area contributed by atoms with Gasteiger partial charge in [-0.2, -0.15) is 8.78 Å². The molecule has 0 unspecified atom stereocenters. The highest BCUT2D eigenvalue weighted by atomic mass is 35.5. The van der Waals surface area contributed by atoms with Crippen molar-refractivity contribution in [3.8, 4) is 5.75 Å². The first-order valence-electron chi connectivity index (χ1n) is 6.50. The van der Waals surface area contributed by atoms with Crippen molar-refractivity contribution >= 4 is 11.6 Å². The highest BCUT2D eigenvalue weighted by Gasteiger charge is 2.12. The maximum atomic E-state index is 13.8. The maximum absolute atomic E-state index is 13.8. The Hall–Kier alpha value is -1.68. The van der Waals surface area contributed by atoms with Crippen molar-refractivity contribution in [1.82, 2.24) is 0 Å². The van der Waals surface area contributed by atoms with Gasteiger partial charge in [-0.1, -0.05) is 36.7 Å². The van der Waals surface area contributed by atoms with E-state index in [1.54, 1.807) is 18.2 Å². The van der Waals surface area contributed by atoms with E-state index in [1.807, 2.05) is 6.92 Å². The molecule has 0 aliphatic heterocycles. The lowest BCUT2D eigenvalue weighted by Crippen LogP contribution is -2.05. The highest BCUT2D eigenvalue weighted by Crippen LogP contribution is 2.27. The fourth-order valence-electron chi connectivity index (χ4n) is 2.11. The second kappa shape index (κ2) is 6.85. The van der Waals surface area contributed by atoms with Gasteiger partial charge in [0.1, 0.15) is 11.6 Å². The molecule has 0 aliphatic carbocycles. The summed E-state index contributed by atoms with van der Waals surface area (Å²) in [5.74, 6) is -0.296. The van der Waals surface area contributed by atoms with Gasteiger partial charge in [-0.05, 0) is 35.7 Å². The van der Waals surface area contributed by atoms with E-state index in [9.17, 15) is 13.2 Å². The van der Waals surface area contributed by atoms with E-state index in [4.69, 9.17) is 11.6 Å². The van der Waals surface area contributed by atoms with Crippen LogP contribution in [-0.4, -0.2) is 6.61 Å². The van der Waals surface area contributed by atoms with Gasteiger partial charge in [0.2, 0.25) is 0 Å². The summed E-state index contributed by atoms with van der Waals surface area (Å²) in [7, 11) is 0. The molecule has 2 aromatic carbocycles. The molecular weight excluding hydrogens is 301 g/mol. The van der Waals surface area contributed by atoms with Gasteiger partial charge in [0.25, 0.3) is 0 Å². The summed E-state index contributed by atoms with van der Waals surface area (Å²) in [6.07, 6.45) is 0.790. The first-order chi connectivity index (χ1) is 10.0. The lowest BCUT2D eigenvalue weighted by Gasteiger charge is -2.12. The summed E-state index contributed by atoms with van der Waals surface area (Å²) < 4.78 is 43.1. The van der Waals surface area contributed by atoms with Gasteiger partial charge in [0, 0.05) is 17.0 Å². The highest BCUT2D eigenvalue weighted by molar-refractivity contribution is 6.31. The summed E-state index contributed by atoms with van der Waals surface area (Å²) in [6, 6.07) is 9.41. The fourth-order valence-corrected chi connectivity index (χ4v) is 2.34. The van der Waals surface area contributed by atoms with Crippen molar-refractivity contribution in [2.24, 2.45) is 0 Å². The zero-order valence-electron chi connectivity index (χ0n) is 11.4. The minimum absolute atomic E-state index is 0.123. The van der Waals surface area contributed by atoms with Gasteiger partial charge in [-0.3, -0.25) is 0 Å². The van der Waals surface area contributed by atoms with Gasteiger partial charge in [-0.15, -0.1) is 0 Å². The van der Waals surface area contributed by atoms with Crippen LogP contribution in [0.25, 0.3) is 0 Å². The molecule has 0 amide bonds. The van der Waals surface area contributed by atoms with Gasteiger partial charge >= 0.3 is 6.61 Å². The van der Waals surface area contributed by atoms with Crippen LogP contribution >= 0.6 is 11.6 Å². The summed E-state index contributed by atoms with van der Waals surface area (Å²) in [6.45, 7) is -1.04. The predicted octanol–water partition coefficient (Wildman–Crippen LogP) is 5.23. The summed E-state index contributed by atoms with van der Waals surface area (Å²) in [4.78, 5) is 0. The monoisotopic (exact) mass is 314 g/mol. The lowest BCUT2D eigenvalue weighted by molar-refractivity contribution is -0.0504. The standard InChI is InChI=1S/C16H14ClF3O/c1-2-11-7-6-10(9-15(11)21-16(19)20)8-12-13(17)4-3-5-14(12)18/h3-7,9,16H,2,8H2,1H3. The Labute approximate surface area is 126 Å². The van der Waals surface area contributed by atoms with Gasteiger partial charge in [-0.25, -0.2) is 4.39 Å². The van der Waals surface area contributed by atoms with Crippen molar-refractivity contribution in [2.75, 3.05) is 0 Å². The van der Waals surface area contributed by atoms with Gasteiger partial charge in [0.15, 0.2) is 0 Å². The van der Waals surface area contributed by atoms with Crippen LogP contribution in [0.3, 0.4) is 0 Å². The average Bonchev–Trinajstić information content (AvgIpc) is 2.43. The molecule has 1 nitrogen and oxygen atoms in total. The smallest absolute Gasteiger partial charge is 0.387 e. The number of rotatable bonds is 5. The Morgan fingerprint density at radius 3 is 2.57 bits per heavy atom. The third-order valence-corrected chi connectivity index (χ3v) is 3.53. The van der Waals surface area contributed by atoms with Crippen molar-refractivity contribution in [3.63, 3.8) is 0 Å². The molecule has 0 radical (unpaired) electrons. The van der Waals surface area contributed by atoms with Gasteiger partial charge < -0.3 is 4.74 Å². The molecule has 2 rings (SSSR count). The van der Waals surface area contributed by atoms with E-state index >= 15 is 0 Å². The largest absolute Gasteiger partial charge is 0.435 e. The Morgan fingerprint density at radius 1 is 1.19 bits per heavy atom.